The highest BCUT2D eigenvalue weighted by Crippen LogP contribution is 2.31. The number of amides is 1. The maximum atomic E-state index is 11.6. The summed E-state index contributed by atoms with van der Waals surface area (Å²) in [6.07, 6.45) is 0.811. The van der Waals surface area contributed by atoms with Gasteiger partial charge in [0.1, 0.15) is 0 Å². The molecule has 0 spiro atoms. The van der Waals surface area contributed by atoms with Gasteiger partial charge in [0, 0.05) is 48.9 Å². The zero-order chi connectivity index (χ0) is 15.0. The third-order valence-corrected chi connectivity index (χ3v) is 4.11. The van der Waals surface area contributed by atoms with Crippen LogP contribution in [-0.4, -0.2) is 34.6 Å². The quantitative estimate of drug-likeness (QED) is 0.928. The average Bonchev–Trinajstić information content (AvgIpc) is 2.89. The van der Waals surface area contributed by atoms with Crippen molar-refractivity contribution >= 4 is 29.0 Å². The first kappa shape index (κ1) is 13.9. The molecule has 0 aliphatic carbocycles. The molecule has 6 heteroatoms. The van der Waals surface area contributed by atoms with Crippen LogP contribution in [0.5, 0.6) is 0 Å². The number of benzene rings is 1. The molecule has 110 valence electrons. The van der Waals surface area contributed by atoms with E-state index in [0.29, 0.717) is 11.6 Å². The normalized spacial score (nSPS) is 14.0. The zero-order valence-corrected chi connectivity index (χ0v) is 12.8. The molecular formula is C15H17ClN4O. The first-order valence-electron chi connectivity index (χ1n) is 6.87. The summed E-state index contributed by atoms with van der Waals surface area (Å²) in [5.74, 6) is 0.941. The molecule has 21 heavy (non-hydrogen) atoms. The monoisotopic (exact) mass is 304 g/mol. The molecule has 0 radical (unpaired) electrons. The van der Waals surface area contributed by atoms with Gasteiger partial charge in [0.05, 0.1) is 6.54 Å². The Hall–Kier alpha value is -2.01. The number of hydrogen-bond acceptors (Lipinski definition) is 3. The van der Waals surface area contributed by atoms with E-state index in [4.69, 9.17) is 11.6 Å². The van der Waals surface area contributed by atoms with E-state index in [-0.39, 0.29) is 5.91 Å². The van der Waals surface area contributed by atoms with E-state index >= 15 is 0 Å². The van der Waals surface area contributed by atoms with Gasteiger partial charge >= 0.3 is 0 Å². The minimum atomic E-state index is 0.0956. The number of fused-ring (bicyclic) bond motifs is 1. The number of aromatic nitrogens is 2. The van der Waals surface area contributed by atoms with Gasteiger partial charge in [0.15, 0.2) is 5.82 Å². The number of rotatable bonds is 2. The summed E-state index contributed by atoms with van der Waals surface area (Å²) in [5.41, 5.74) is 3.16. The van der Waals surface area contributed by atoms with Crippen LogP contribution < -0.4 is 4.90 Å². The number of nitrogens with one attached hydrogen (secondary N) is 1. The second-order valence-corrected chi connectivity index (χ2v) is 5.67. The Kier molecular flexibility index (Phi) is 3.59. The van der Waals surface area contributed by atoms with E-state index in [0.717, 1.165) is 35.7 Å². The summed E-state index contributed by atoms with van der Waals surface area (Å²) in [7, 11) is 1.95. The number of H-pyrrole nitrogens is 1. The molecule has 0 atom stereocenters. The SMILES string of the molecule is CC(=O)N1CCc2[nH]nc(N(C)c3cccc(Cl)c3)c2C1. The Labute approximate surface area is 128 Å². The van der Waals surface area contributed by atoms with Crippen molar-refractivity contribution in [3.8, 4) is 0 Å². The van der Waals surface area contributed by atoms with Crippen LogP contribution in [0.3, 0.4) is 0 Å². The molecule has 1 aromatic carbocycles. The van der Waals surface area contributed by atoms with Crippen molar-refractivity contribution in [3.05, 3.63) is 40.5 Å². The van der Waals surface area contributed by atoms with Crippen molar-refractivity contribution in [1.29, 1.82) is 0 Å². The van der Waals surface area contributed by atoms with Crippen LogP contribution in [0.1, 0.15) is 18.2 Å². The fraction of sp³-hybridized carbons (Fsp3) is 0.333. The number of hydrogen-bond donors (Lipinski definition) is 1. The van der Waals surface area contributed by atoms with Gasteiger partial charge in [0.25, 0.3) is 0 Å². The summed E-state index contributed by atoms with van der Waals surface area (Å²) < 4.78 is 0. The van der Waals surface area contributed by atoms with E-state index in [1.807, 2.05) is 41.1 Å². The lowest BCUT2D eigenvalue weighted by atomic mass is 10.1. The smallest absolute Gasteiger partial charge is 0.219 e. The highest BCUT2D eigenvalue weighted by molar-refractivity contribution is 6.30. The number of nitrogens with zero attached hydrogens (tertiary/aromatic N) is 3. The van der Waals surface area contributed by atoms with Gasteiger partial charge in [-0.3, -0.25) is 9.89 Å². The van der Waals surface area contributed by atoms with Gasteiger partial charge in [0.2, 0.25) is 5.91 Å². The first-order valence-corrected chi connectivity index (χ1v) is 7.25. The Morgan fingerprint density at radius 2 is 2.29 bits per heavy atom. The molecule has 1 N–H and O–H groups in total. The number of anilines is 2. The molecule has 2 heterocycles. The van der Waals surface area contributed by atoms with Crippen LogP contribution in [-0.2, 0) is 17.8 Å². The fourth-order valence-corrected chi connectivity index (χ4v) is 2.82. The second-order valence-electron chi connectivity index (χ2n) is 5.23. The van der Waals surface area contributed by atoms with Crippen LogP contribution >= 0.6 is 11.6 Å². The number of carbonyl (C=O) groups excluding carboxylic acids is 1. The topological polar surface area (TPSA) is 52.2 Å². The van der Waals surface area contributed by atoms with E-state index in [9.17, 15) is 4.79 Å². The van der Waals surface area contributed by atoms with E-state index in [2.05, 4.69) is 10.2 Å². The van der Waals surface area contributed by atoms with Crippen LogP contribution in [0.2, 0.25) is 5.02 Å². The van der Waals surface area contributed by atoms with Crippen LogP contribution in [0, 0.1) is 0 Å². The summed E-state index contributed by atoms with van der Waals surface area (Å²) in [6, 6.07) is 7.64. The van der Waals surface area contributed by atoms with E-state index in [1.165, 1.54) is 0 Å². The maximum absolute atomic E-state index is 11.6. The third-order valence-electron chi connectivity index (χ3n) is 3.87. The predicted molar refractivity (Wildman–Crippen MR) is 82.9 cm³/mol. The molecular weight excluding hydrogens is 288 g/mol. The minimum absolute atomic E-state index is 0.0956. The molecule has 0 fully saturated rings. The fourth-order valence-electron chi connectivity index (χ4n) is 2.63. The largest absolute Gasteiger partial charge is 0.338 e. The lowest BCUT2D eigenvalue weighted by Crippen LogP contribution is -2.34. The average molecular weight is 305 g/mol. The van der Waals surface area contributed by atoms with Crippen LogP contribution in [0.4, 0.5) is 11.5 Å². The van der Waals surface area contributed by atoms with Crippen molar-refractivity contribution in [1.82, 2.24) is 15.1 Å². The Morgan fingerprint density at radius 3 is 3.00 bits per heavy atom. The number of aromatic amines is 1. The molecule has 1 aliphatic rings. The first-order chi connectivity index (χ1) is 10.1. The van der Waals surface area contributed by atoms with Gasteiger partial charge in [-0.2, -0.15) is 5.10 Å². The summed E-state index contributed by atoms with van der Waals surface area (Å²) in [5, 5.41) is 8.19. The standard InChI is InChI=1S/C15H17ClN4O/c1-10(21)20-7-6-14-13(9-20)15(18-17-14)19(2)12-5-3-4-11(16)8-12/h3-5,8H,6-7,9H2,1-2H3,(H,17,18). The molecule has 0 saturated heterocycles. The minimum Gasteiger partial charge on any atom is -0.338 e. The van der Waals surface area contributed by atoms with Crippen molar-refractivity contribution in [3.63, 3.8) is 0 Å². The molecule has 0 saturated carbocycles. The van der Waals surface area contributed by atoms with Gasteiger partial charge in [-0.1, -0.05) is 17.7 Å². The van der Waals surface area contributed by atoms with Crippen LogP contribution in [0.15, 0.2) is 24.3 Å². The lowest BCUT2D eigenvalue weighted by molar-refractivity contribution is -0.129. The molecule has 1 aromatic heterocycles. The molecule has 3 rings (SSSR count). The van der Waals surface area contributed by atoms with Crippen molar-refractivity contribution in [2.75, 3.05) is 18.5 Å². The lowest BCUT2D eigenvalue weighted by Gasteiger charge is -2.27. The Morgan fingerprint density at radius 1 is 1.48 bits per heavy atom. The van der Waals surface area contributed by atoms with E-state index in [1.54, 1.807) is 6.92 Å². The summed E-state index contributed by atoms with van der Waals surface area (Å²) in [6.45, 7) is 2.94. The molecule has 1 aliphatic heterocycles. The van der Waals surface area contributed by atoms with Crippen molar-refractivity contribution in [2.45, 2.75) is 19.9 Å². The molecule has 0 unspecified atom stereocenters. The van der Waals surface area contributed by atoms with Gasteiger partial charge in [-0.15, -0.1) is 0 Å². The predicted octanol–water partition coefficient (Wildman–Crippen LogP) is 2.74. The second kappa shape index (κ2) is 5.41. The van der Waals surface area contributed by atoms with Crippen LogP contribution in [0.25, 0.3) is 0 Å². The highest BCUT2D eigenvalue weighted by Gasteiger charge is 2.25. The van der Waals surface area contributed by atoms with Gasteiger partial charge in [-0.25, -0.2) is 0 Å². The van der Waals surface area contributed by atoms with Gasteiger partial charge < -0.3 is 9.80 Å². The third kappa shape index (κ3) is 2.61. The molecule has 1 amide bonds. The molecule has 2 aromatic rings. The van der Waals surface area contributed by atoms with Crippen molar-refractivity contribution in [2.24, 2.45) is 0 Å². The molecule has 5 nitrogen and oxygen atoms in total. The summed E-state index contributed by atoms with van der Waals surface area (Å²) >= 11 is 6.05. The van der Waals surface area contributed by atoms with E-state index < -0.39 is 0 Å². The maximum Gasteiger partial charge on any atom is 0.219 e. The Bertz CT molecular complexity index is 682. The zero-order valence-electron chi connectivity index (χ0n) is 12.1. The van der Waals surface area contributed by atoms with Crippen molar-refractivity contribution < 1.29 is 4.79 Å². The highest BCUT2D eigenvalue weighted by atomic mass is 35.5. The summed E-state index contributed by atoms with van der Waals surface area (Å²) in [4.78, 5) is 15.4. The number of carbonyl (C=O) groups is 1. The Balaban J connectivity index is 1.94. The van der Waals surface area contributed by atoms with Gasteiger partial charge in [-0.05, 0) is 18.2 Å². The number of halogens is 1. The molecule has 0 bridgehead atoms.